The van der Waals surface area contributed by atoms with Crippen molar-refractivity contribution in [2.75, 3.05) is 0 Å². The molecule has 128 valence electrons. The Kier molecular flexibility index (Phi) is 5.35. The molecular weight excluding hydrogens is 402 g/mol. The number of hydrogen-bond acceptors (Lipinski definition) is 2. The third-order valence-electron chi connectivity index (χ3n) is 3.89. The quantitative estimate of drug-likeness (QED) is 0.278. The second-order valence-corrected chi connectivity index (χ2v) is 7.05. The average molecular weight is 414 g/mol. The predicted octanol–water partition coefficient (Wildman–Crippen LogP) is 6.89. The summed E-state index contributed by atoms with van der Waals surface area (Å²) in [5.41, 5.74) is 2.43. The lowest BCUT2D eigenvalue weighted by Crippen LogP contribution is -2.05. The van der Waals surface area contributed by atoms with E-state index in [1.807, 2.05) is 0 Å². The molecule has 0 radical (unpaired) electrons. The fourth-order valence-electron chi connectivity index (χ4n) is 2.69. The van der Waals surface area contributed by atoms with Crippen LogP contribution < -0.4 is 0 Å². The summed E-state index contributed by atoms with van der Waals surface area (Å²) in [7, 11) is 0. The van der Waals surface area contributed by atoms with Crippen LogP contribution in [0.25, 0.3) is 0 Å². The van der Waals surface area contributed by atoms with Crippen LogP contribution in [0.1, 0.15) is 22.6 Å². The topological polar surface area (TPSA) is 40.5 Å². The van der Waals surface area contributed by atoms with Crippen molar-refractivity contribution < 1.29 is 10.2 Å². The molecule has 0 aliphatic carbocycles. The van der Waals surface area contributed by atoms with E-state index in [2.05, 4.69) is 0 Å². The van der Waals surface area contributed by atoms with Crippen molar-refractivity contribution in [3.05, 3.63) is 91.4 Å². The number of halogens is 4. The fraction of sp³-hybridized carbons (Fsp3) is 0.0526. The Bertz CT molecular complexity index is 861. The third kappa shape index (κ3) is 3.68. The summed E-state index contributed by atoms with van der Waals surface area (Å²) in [6, 6.07) is 15.2. The summed E-state index contributed by atoms with van der Waals surface area (Å²) < 4.78 is 0. The van der Waals surface area contributed by atoms with Crippen molar-refractivity contribution in [1.29, 1.82) is 0 Å². The molecule has 0 saturated carbocycles. The van der Waals surface area contributed by atoms with Gasteiger partial charge in [0.1, 0.15) is 11.5 Å². The van der Waals surface area contributed by atoms with Crippen molar-refractivity contribution in [3.63, 3.8) is 0 Å². The highest BCUT2D eigenvalue weighted by molar-refractivity contribution is 6.52. The maximum Gasteiger partial charge on any atom is 0.115 e. The number of phenols is 2. The number of hydrogen-bond donors (Lipinski definition) is 2. The van der Waals surface area contributed by atoms with E-state index in [0.29, 0.717) is 15.6 Å². The first-order valence-electron chi connectivity index (χ1n) is 7.29. The first-order chi connectivity index (χ1) is 11.9. The smallest absolute Gasteiger partial charge is 0.115 e. The van der Waals surface area contributed by atoms with Gasteiger partial charge in [-0.1, -0.05) is 70.7 Å². The van der Waals surface area contributed by atoms with Gasteiger partial charge in [-0.05, 0) is 47.0 Å². The SMILES string of the molecule is Oc1ccc(C(c2ccc(O)cc2)c2cc(Cl)c(Cl)c(Cl)c2Cl)cc1. The molecule has 0 unspecified atom stereocenters. The van der Waals surface area contributed by atoms with Crippen LogP contribution in [0.4, 0.5) is 0 Å². The van der Waals surface area contributed by atoms with Crippen LogP contribution in [0.5, 0.6) is 11.5 Å². The molecule has 0 spiro atoms. The Hall–Kier alpha value is -1.58. The Balaban J connectivity index is 2.25. The minimum atomic E-state index is -0.305. The van der Waals surface area contributed by atoms with Gasteiger partial charge in [0.2, 0.25) is 0 Å². The van der Waals surface area contributed by atoms with E-state index in [1.165, 1.54) is 0 Å². The van der Waals surface area contributed by atoms with E-state index in [9.17, 15) is 10.2 Å². The Morgan fingerprint density at radius 1 is 0.600 bits per heavy atom. The van der Waals surface area contributed by atoms with Gasteiger partial charge in [-0.2, -0.15) is 0 Å². The molecular formula is C19H12Cl4O2. The summed E-state index contributed by atoms with van der Waals surface area (Å²) in [5, 5.41) is 20.1. The van der Waals surface area contributed by atoms with Gasteiger partial charge in [-0.3, -0.25) is 0 Å². The van der Waals surface area contributed by atoms with Crippen LogP contribution in [0.3, 0.4) is 0 Å². The molecule has 0 saturated heterocycles. The van der Waals surface area contributed by atoms with E-state index < -0.39 is 0 Å². The molecule has 0 heterocycles. The third-order valence-corrected chi connectivity index (χ3v) is 5.66. The Morgan fingerprint density at radius 2 is 1.04 bits per heavy atom. The molecule has 0 aliphatic heterocycles. The average Bonchev–Trinajstić information content (AvgIpc) is 2.61. The minimum absolute atomic E-state index is 0.159. The van der Waals surface area contributed by atoms with Crippen LogP contribution >= 0.6 is 46.4 Å². The van der Waals surface area contributed by atoms with Gasteiger partial charge in [0, 0.05) is 5.92 Å². The molecule has 0 amide bonds. The first kappa shape index (κ1) is 18.2. The molecule has 3 rings (SSSR count). The van der Waals surface area contributed by atoms with Crippen molar-refractivity contribution in [2.45, 2.75) is 5.92 Å². The van der Waals surface area contributed by atoms with Gasteiger partial charge in [0.25, 0.3) is 0 Å². The van der Waals surface area contributed by atoms with E-state index >= 15 is 0 Å². The zero-order valence-electron chi connectivity index (χ0n) is 12.7. The van der Waals surface area contributed by atoms with Gasteiger partial charge < -0.3 is 10.2 Å². The fourth-order valence-corrected chi connectivity index (χ4v) is 3.61. The number of phenolic OH excluding ortho intramolecular Hbond substituents is 2. The predicted molar refractivity (Wildman–Crippen MR) is 104 cm³/mol. The van der Waals surface area contributed by atoms with Crippen molar-refractivity contribution in [2.24, 2.45) is 0 Å². The van der Waals surface area contributed by atoms with Gasteiger partial charge in [-0.25, -0.2) is 0 Å². The van der Waals surface area contributed by atoms with Crippen molar-refractivity contribution >= 4 is 46.4 Å². The lowest BCUT2D eigenvalue weighted by Gasteiger charge is -2.21. The summed E-state index contributed by atoms with van der Waals surface area (Å²) in [5.74, 6) is 0.0129. The molecule has 2 N–H and O–H groups in total. The summed E-state index contributed by atoms with van der Waals surface area (Å²) >= 11 is 25.0. The molecule has 25 heavy (non-hydrogen) atoms. The van der Waals surface area contributed by atoms with Crippen LogP contribution in [-0.2, 0) is 0 Å². The van der Waals surface area contributed by atoms with Gasteiger partial charge in [0.05, 0.1) is 20.1 Å². The van der Waals surface area contributed by atoms with Crippen molar-refractivity contribution in [1.82, 2.24) is 0 Å². The monoisotopic (exact) mass is 412 g/mol. The van der Waals surface area contributed by atoms with Gasteiger partial charge in [0.15, 0.2) is 0 Å². The molecule has 3 aromatic rings. The highest BCUT2D eigenvalue weighted by Crippen LogP contribution is 2.44. The molecule has 2 nitrogen and oxygen atoms in total. The highest BCUT2D eigenvalue weighted by atomic mass is 35.5. The molecule has 0 aliphatic rings. The Labute approximate surface area is 165 Å². The maximum absolute atomic E-state index is 9.58. The highest BCUT2D eigenvalue weighted by Gasteiger charge is 2.23. The van der Waals surface area contributed by atoms with Crippen molar-refractivity contribution in [3.8, 4) is 11.5 Å². The largest absolute Gasteiger partial charge is 0.508 e. The van der Waals surface area contributed by atoms with Crippen LogP contribution in [-0.4, -0.2) is 10.2 Å². The summed E-state index contributed by atoms with van der Waals surface area (Å²) in [4.78, 5) is 0. The van der Waals surface area contributed by atoms with E-state index in [-0.39, 0.29) is 27.5 Å². The minimum Gasteiger partial charge on any atom is -0.508 e. The normalized spacial score (nSPS) is 11.1. The summed E-state index contributed by atoms with van der Waals surface area (Å²) in [6.07, 6.45) is 0. The zero-order valence-corrected chi connectivity index (χ0v) is 15.7. The maximum atomic E-state index is 9.58. The summed E-state index contributed by atoms with van der Waals surface area (Å²) in [6.45, 7) is 0. The van der Waals surface area contributed by atoms with E-state index in [4.69, 9.17) is 46.4 Å². The van der Waals surface area contributed by atoms with Crippen LogP contribution in [0, 0.1) is 0 Å². The second kappa shape index (κ2) is 7.35. The van der Waals surface area contributed by atoms with Crippen LogP contribution in [0.15, 0.2) is 54.6 Å². The molecule has 0 fully saturated rings. The molecule has 0 aromatic heterocycles. The van der Waals surface area contributed by atoms with Crippen LogP contribution in [0.2, 0.25) is 20.1 Å². The number of benzene rings is 3. The van der Waals surface area contributed by atoms with Gasteiger partial charge in [-0.15, -0.1) is 0 Å². The standard InChI is InChI=1S/C19H12Cl4O2/c20-15-9-14(17(21)19(23)18(15)22)16(10-1-5-12(24)6-2-10)11-3-7-13(25)8-4-11/h1-9,16,24-25H. The Morgan fingerprint density at radius 3 is 1.48 bits per heavy atom. The first-order valence-corrected chi connectivity index (χ1v) is 8.80. The number of rotatable bonds is 3. The molecule has 3 aromatic carbocycles. The lowest BCUT2D eigenvalue weighted by atomic mass is 9.85. The number of aromatic hydroxyl groups is 2. The molecule has 0 atom stereocenters. The molecule has 6 heteroatoms. The van der Waals surface area contributed by atoms with E-state index in [0.717, 1.165) is 11.1 Å². The second-order valence-electron chi connectivity index (χ2n) is 5.51. The molecule has 0 bridgehead atoms. The lowest BCUT2D eigenvalue weighted by molar-refractivity contribution is 0.475. The van der Waals surface area contributed by atoms with Gasteiger partial charge >= 0.3 is 0 Å². The van der Waals surface area contributed by atoms with E-state index in [1.54, 1.807) is 54.6 Å². The zero-order chi connectivity index (χ0) is 18.1.